The van der Waals surface area contributed by atoms with Gasteiger partial charge < -0.3 is 15.0 Å². The lowest BCUT2D eigenvalue weighted by atomic mass is 10.3. The van der Waals surface area contributed by atoms with E-state index in [1.807, 2.05) is 20.0 Å². The van der Waals surface area contributed by atoms with Crippen molar-refractivity contribution in [2.45, 2.75) is 33.0 Å². The van der Waals surface area contributed by atoms with Crippen molar-refractivity contribution in [3.63, 3.8) is 0 Å². The molecule has 1 fully saturated rings. The Hall–Kier alpha value is -1.55. The zero-order valence-corrected chi connectivity index (χ0v) is 15.0. The van der Waals surface area contributed by atoms with Gasteiger partial charge in [0.15, 0.2) is 11.0 Å². The molecule has 0 spiro atoms. The quantitative estimate of drug-likeness (QED) is 0.802. The molecule has 3 heterocycles. The van der Waals surface area contributed by atoms with Crippen LogP contribution in [0.4, 0.5) is 5.13 Å². The fraction of sp³-hybridized carbons (Fsp3) is 0.667. The number of rotatable bonds is 7. The molecule has 0 bridgehead atoms. The molecule has 1 saturated heterocycles. The predicted octanol–water partition coefficient (Wildman–Crippen LogP) is 1.52. The van der Waals surface area contributed by atoms with Crippen molar-refractivity contribution in [3.8, 4) is 0 Å². The van der Waals surface area contributed by atoms with Crippen LogP contribution in [-0.4, -0.2) is 57.7 Å². The second-order valence-electron chi connectivity index (χ2n) is 5.86. The number of aromatic nitrogens is 3. The summed E-state index contributed by atoms with van der Waals surface area (Å²) >= 11 is 1.56. The van der Waals surface area contributed by atoms with Gasteiger partial charge in [0.25, 0.3) is 0 Å². The van der Waals surface area contributed by atoms with Crippen molar-refractivity contribution < 1.29 is 9.26 Å². The third kappa shape index (κ3) is 4.50. The molecule has 2 aromatic rings. The number of hydrogen-bond donors (Lipinski definition) is 1. The Kier molecular flexibility index (Phi) is 5.77. The lowest BCUT2D eigenvalue weighted by molar-refractivity contribution is 0.0683. The normalized spacial score (nSPS) is 18.1. The van der Waals surface area contributed by atoms with E-state index in [4.69, 9.17) is 15.0 Å². The Morgan fingerprint density at radius 2 is 2.00 bits per heavy atom. The number of nitrogens with zero attached hydrogens (tertiary/aromatic N) is 5. The Bertz CT molecular complexity index is 637. The second-order valence-corrected chi connectivity index (χ2v) is 7.01. The molecule has 24 heavy (non-hydrogen) atoms. The summed E-state index contributed by atoms with van der Waals surface area (Å²) in [6.45, 7) is 10.1. The number of nitrogen functional groups attached to an aromatic ring is 1. The number of ether oxygens (including phenoxy) is 1. The van der Waals surface area contributed by atoms with Crippen molar-refractivity contribution in [2.75, 3.05) is 38.5 Å². The maximum atomic E-state index is 5.68. The van der Waals surface area contributed by atoms with E-state index < -0.39 is 0 Å². The molecular formula is C15H24N6O2S. The van der Waals surface area contributed by atoms with Crippen LogP contribution >= 0.6 is 11.3 Å². The van der Waals surface area contributed by atoms with Crippen LogP contribution in [0.5, 0.6) is 0 Å². The summed E-state index contributed by atoms with van der Waals surface area (Å²) in [7, 11) is 0. The first-order chi connectivity index (χ1) is 11.6. The largest absolute Gasteiger partial charge is 0.375 e. The summed E-state index contributed by atoms with van der Waals surface area (Å²) in [6.07, 6.45) is 1.74. The third-order valence-corrected chi connectivity index (χ3v) is 4.85. The molecule has 0 aromatic carbocycles. The van der Waals surface area contributed by atoms with E-state index in [1.54, 1.807) is 11.3 Å². The van der Waals surface area contributed by atoms with Gasteiger partial charge >= 0.3 is 0 Å². The van der Waals surface area contributed by atoms with Gasteiger partial charge in [-0.3, -0.25) is 9.80 Å². The van der Waals surface area contributed by atoms with E-state index in [0.717, 1.165) is 32.7 Å². The molecule has 3 rings (SSSR count). The molecule has 9 heteroatoms. The minimum atomic E-state index is -0.129. The van der Waals surface area contributed by atoms with Crippen LogP contribution in [0.15, 0.2) is 10.7 Å². The fourth-order valence-electron chi connectivity index (χ4n) is 2.73. The smallest absolute Gasteiger partial charge is 0.240 e. The summed E-state index contributed by atoms with van der Waals surface area (Å²) in [5, 5.41) is 4.64. The molecule has 1 unspecified atom stereocenters. The standard InChI is InChI=1S/C15H24N6O2S/c1-3-22-11(2)14-18-13(23-19-14)10-21-6-4-20(5-7-21)9-12-8-17-15(16)24-12/h8,11H,3-7,9-10H2,1-2H3,(H2,16,17). The topological polar surface area (TPSA) is 93.5 Å². The minimum Gasteiger partial charge on any atom is -0.375 e. The molecule has 0 aliphatic carbocycles. The first-order valence-electron chi connectivity index (χ1n) is 8.23. The number of hydrogen-bond acceptors (Lipinski definition) is 9. The SMILES string of the molecule is CCOC(C)c1noc(CN2CCN(Cc3cnc(N)s3)CC2)n1. The lowest BCUT2D eigenvalue weighted by Gasteiger charge is -2.33. The molecule has 8 nitrogen and oxygen atoms in total. The van der Waals surface area contributed by atoms with E-state index in [9.17, 15) is 0 Å². The van der Waals surface area contributed by atoms with Gasteiger partial charge in [-0.05, 0) is 13.8 Å². The Morgan fingerprint density at radius 3 is 2.62 bits per heavy atom. The molecule has 1 aliphatic rings. The fourth-order valence-corrected chi connectivity index (χ4v) is 3.46. The Labute approximate surface area is 145 Å². The summed E-state index contributed by atoms with van der Waals surface area (Å²) in [4.78, 5) is 14.5. The van der Waals surface area contributed by atoms with E-state index in [0.29, 0.717) is 30.0 Å². The molecule has 2 aromatic heterocycles. The number of nitrogens with two attached hydrogens (primary N) is 1. The van der Waals surface area contributed by atoms with Crippen molar-refractivity contribution in [1.82, 2.24) is 24.9 Å². The van der Waals surface area contributed by atoms with Crippen LogP contribution in [0, 0.1) is 0 Å². The average molecular weight is 352 g/mol. The summed E-state index contributed by atoms with van der Waals surface area (Å²) < 4.78 is 10.8. The Balaban J connectivity index is 1.45. The zero-order valence-electron chi connectivity index (χ0n) is 14.1. The highest BCUT2D eigenvalue weighted by Crippen LogP contribution is 2.18. The maximum absolute atomic E-state index is 5.68. The minimum absolute atomic E-state index is 0.129. The van der Waals surface area contributed by atoms with Crippen LogP contribution in [0.2, 0.25) is 0 Å². The highest BCUT2D eigenvalue weighted by atomic mass is 32.1. The van der Waals surface area contributed by atoms with Gasteiger partial charge in [-0.25, -0.2) is 4.98 Å². The number of anilines is 1. The molecular weight excluding hydrogens is 328 g/mol. The van der Waals surface area contributed by atoms with Crippen LogP contribution in [0.25, 0.3) is 0 Å². The lowest BCUT2D eigenvalue weighted by Crippen LogP contribution is -2.45. The first-order valence-corrected chi connectivity index (χ1v) is 9.04. The van der Waals surface area contributed by atoms with Crippen LogP contribution in [-0.2, 0) is 17.8 Å². The molecule has 0 saturated carbocycles. The molecule has 0 amide bonds. The van der Waals surface area contributed by atoms with Gasteiger partial charge in [-0.15, -0.1) is 11.3 Å². The van der Waals surface area contributed by atoms with Crippen LogP contribution in [0.3, 0.4) is 0 Å². The van der Waals surface area contributed by atoms with E-state index in [2.05, 4.69) is 24.9 Å². The highest BCUT2D eigenvalue weighted by molar-refractivity contribution is 7.15. The van der Waals surface area contributed by atoms with Gasteiger partial charge in [0.1, 0.15) is 6.10 Å². The zero-order chi connectivity index (χ0) is 16.9. The summed E-state index contributed by atoms with van der Waals surface area (Å²) in [5.74, 6) is 1.27. The van der Waals surface area contributed by atoms with Gasteiger partial charge in [0.05, 0.1) is 6.54 Å². The van der Waals surface area contributed by atoms with E-state index in [-0.39, 0.29) is 6.10 Å². The first kappa shape index (κ1) is 17.3. The van der Waals surface area contributed by atoms with Gasteiger partial charge in [0, 0.05) is 50.4 Å². The molecule has 1 aliphatic heterocycles. The van der Waals surface area contributed by atoms with E-state index in [1.165, 1.54) is 4.88 Å². The molecule has 0 radical (unpaired) electrons. The summed E-state index contributed by atoms with van der Waals surface area (Å²) in [5.41, 5.74) is 5.68. The van der Waals surface area contributed by atoms with Crippen LogP contribution in [0.1, 0.15) is 36.5 Å². The number of thiazole rings is 1. The van der Waals surface area contributed by atoms with Crippen molar-refractivity contribution in [1.29, 1.82) is 0 Å². The van der Waals surface area contributed by atoms with Crippen molar-refractivity contribution >= 4 is 16.5 Å². The van der Waals surface area contributed by atoms with Crippen molar-refractivity contribution in [3.05, 3.63) is 22.8 Å². The van der Waals surface area contributed by atoms with Gasteiger partial charge in [0.2, 0.25) is 5.89 Å². The van der Waals surface area contributed by atoms with Crippen LogP contribution < -0.4 is 5.73 Å². The number of piperazine rings is 1. The summed E-state index contributed by atoms with van der Waals surface area (Å²) in [6, 6.07) is 0. The molecule has 1 atom stereocenters. The third-order valence-electron chi connectivity index (χ3n) is 4.04. The maximum Gasteiger partial charge on any atom is 0.240 e. The van der Waals surface area contributed by atoms with Crippen molar-refractivity contribution in [2.24, 2.45) is 0 Å². The molecule has 132 valence electrons. The average Bonchev–Trinajstić information content (AvgIpc) is 3.19. The molecule has 2 N–H and O–H groups in total. The van der Waals surface area contributed by atoms with E-state index >= 15 is 0 Å². The predicted molar refractivity (Wildman–Crippen MR) is 91.4 cm³/mol. The monoisotopic (exact) mass is 352 g/mol. The van der Waals surface area contributed by atoms with Gasteiger partial charge in [-0.1, -0.05) is 5.16 Å². The van der Waals surface area contributed by atoms with Gasteiger partial charge in [-0.2, -0.15) is 4.98 Å². The Morgan fingerprint density at radius 1 is 1.29 bits per heavy atom. The highest BCUT2D eigenvalue weighted by Gasteiger charge is 2.21. The second kappa shape index (κ2) is 8.02.